The van der Waals surface area contributed by atoms with Crippen molar-refractivity contribution in [2.75, 3.05) is 6.26 Å². The number of amides is 1. The minimum absolute atomic E-state index is 0.106. The van der Waals surface area contributed by atoms with Gasteiger partial charge in [0, 0.05) is 11.9 Å². The first-order chi connectivity index (χ1) is 15.6. The van der Waals surface area contributed by atoms with Crippen molar-refractivity contribution < 1.29 is 28.2 Å². The lowest BCUT2D eigenvalue weighted by molar-refractivity contribution is 0.0695. The zero-order valence-corrected chi connectivity index (χ0v) is 19.2. The molecule has 1 amide bonds. The summed E-state index contributed by atoms with van der Waals surface area (Å²) in [6.07, 6.45) is -1.09. The van der Waals surface area contributed by atoms with Crippen molar-refractivity contribution in [3.63, 3.8) is 0 Å². The van der Waals surface area contributed by atoms with Gasteiger partial charge in [0.2, 0.25) is 5.88 Å². The van der Waals surface area contributed by atoms with E-state index in [1.165, 1.54) is 24.9 Å². The highest BCUT2D eigenvalue weighted by Gasteiger charge is 2.30. The molecule has 33 heavy (non-hydrogen) atoms. The van der Waals surface area contributed by atoms with Crippen LogP contribution < -0.4 is 10.1 Å². The summed E-state index contributed by atoms with van der Waals surface area (Å²) in [4.78, 5) is 25.2. The van der Waals surface area contributed by atoms with Crippen LogP contribution in [0.5, 0.6) is 11.6 Å². The molecule has 0 bridgehead atoms. The summed E-state index contributed by atoms with van der Waals surface area (Å²) in [7, 11) is 1.42. The summed E-state index contributed by atoms with van der Waals surface area (Å²) >= 11 is 1.49. The summed E-state index contributed by atoms with van der Waals surface area (Å²) < 4.78 is 34.3. The highest BCUT2D eigenvalue weighted by molar-refractivity contribution is 7.98. The number of halogens is 2. The Balaban J connectivity index is 1.93. The lowest BCUT2D eigenvalue weighted by atomic mass is 10.0. The lowest BCUT2D eigenvalue weighted by Crippen LogP contribution is -2.27. The van der Waals surface area contributed by atoms with Crippen LogP contribution in [0.4, 0.5) is 8.78 Å². The monoisotopic (exact) mass is 475 g/mol. The molecule has 0 radical (unpaired) electrons. The first-order valence-corrected chi connectivity index (χ1v) is 11.2. The quantitative estimate of drug-likeness (QED) is 0.426. The Morgan fingerprint density at radius 1 is 1.21 bits per heavy atom. The second kappa shape index (κ2) is 10.0. The molecule has 0 saturated heterocycles. The average Bonchev–Trinajstić information content (AvgIpc) is 3.09. The number of benzene rings is 2. The number of nitrogens with one attached hydrogen (secondary N) is 1. The van der Waals surface area contributed by atoms with Gasteiger partial charge >= 0.3 is 5.97 Å². The average molecular weight is 476 g/mol. The summed E-state index contributed by atoms with van der Waals surface area (Å²) in [5.41, 5.74) is 0.257. The Labute approximate surface area is 193 Å². The third-order valence-corrected chi connectivity index (χ3v) is 5.76. The van der Waals surface area contributed by atoms with Gasteiger partial charge in [-0.2, -0.15) is 5.10 Å². The van der Waals surface area contributed by atoms with E-state index in [2.05, 4.69) is 10.4 Å². The summed E-state index contributed by atoms with van der Waals surface area (Å²) in [5.74, 6) is -1.56. The zero-order chi connectivity index (χ0) is 24.3. The fourth-order valence-corrected chi connectivity index (χ4v) is 3.78. The van der Waals surface area contributed by atoms with Crippen LogP contribution >= 0.6 is 11.8 Å². The smallest absolute Gasteiger partial charge is 0.335 e. The van der Waals surface area contributed by atoms with Crippen LogP contribution in [-0.2, 0) is 7.05 Å². The maximum atomic E-state index is 13.7. The molecular weight excluding hydrogens is 452 g/mol. The van der Waals surface area contributed by atoms with Crippen molar-refractivity contribution in [2.24, 2.45) is 7.05 Å². The van der Waals surface area contributed by atoms with Crippen LogP contribution in [-0.4, -0.2) is 33.0 Å². The molecule has 0 saturated carbocycles. The van der Waals surface area contributed by atoms with Gasteiger partial charge in [-0.3, -0.25) is 4.79 Å². The van der Waals surface area contributed by atoms with E-state index in [-0.39, 0.29) is 17.0 Å². The maximum absolute atomic E-state index is 13.7. The SMILES string of the molecule is CSc1cccc(Oc2c(C(=O)NC(C)c3ccc(C(=O)O)c(C)c3)c(C(F)F)nn2C)c1. The molecule has 174 valence electrons. The Kier molecular flexibility index (Phi) is 7.37. The normalized spacial score (nSPS) is 12.0. The molecule has 2 N–H and O–H groups in total. The molecule has 1 unspecified atom stereocenters. The minimum atomic E-state index is -2.99. The number of ether oxygens (including phenoxy) is 1. The number of aromatic carboxylic acids is 1. The molecule has 3 aromatic rings. The van der Waals surface area contributed by atoms with E-state index in [9.17, 15) is 23.5 Å². The van der Waals surface area contributed by atoms with Gasteiger partial charge in [-0.05, 0) is 55.5 Å². The molecule has 7 nitrogen and oxygen atoms in total. The fourth-order valence-electron chi connectivity index (χ4n) is 3.34. The van der Waals surface area contributed by atoms with Gasteiger partial charge in [-0.15, -0.1) is 11.8 Å². The Morgan fingerprint density at radius 2 is 1.94 bits per heavy atom. The highest BCUT2D eigenvalue weighted by atomic mass is 32.2. The van der Waals surface area contributed by atoms with Gasteiger partial charge in [-0.25, -0.2) is 18.3 Å². The van der Waals surface area contributed by atoms with Crippen LogP contribution in [0.25, 0.3) is 0 Å². The van der Waals surface area contributed by atoms with Crippen LogP contribution in [0.2, 0.25) is 0 Å². The van der Waals surface area contributed by atoms with E-state index in [1.807, 2.05) is 12.3 Å². The lowest BCUT2D eigenvalue weighted by Gasteiger charge is -2.16. The number of hydrogen-bond acceptors (Lipinski definition) is 5. The number of thioether (sulfide) groups is 1. The third kappa shape index (κ3) is 5.33. The second-order valence-electron chi connectivity index (χ2n) is 7.35. The predicted molar refractivity (Wildman–Crippen MR) is 120 cm³/mol. The molecular formula is C23H23F2N3O4S. The third-order valence-electron chi connectivity index (χ3n) is 5.04. The number of aromatic nitrogens is 2. The molecule has 1 aromatic heterocycles. The number of hydrogen-bond donors (Lipinski definition) is 2. The summed E-state index contributed by atoms with van der Waals surface area (Å²) in [6, 6.07) is 11.1. The number of carboxylic acids is 1. The van der Waals surface area contributed by atoms with Crippen LogP contribution in [0.1, 0.15) is 56.9 Å². The van der Waals surface area contributed by atoms with Crippen LogP contribution in [0.3, 0.4) is 0 Å². The van der Waals surface area contributed by atoms with E-state index >= 15 is 0 Å². The molecule has 2 aromatic carbocycles. The Hall–Kier alpha value is -3.40. The topological polar surface area (TPSA) is 93.4 Å². The second-order valence-corrected chi connectivity index (χ2v) is 8.23. The predicted octanol–water partition coefficient (Wildman–Crippen LogP) is 5.37. The van der Waals surface area contributed by atoms with E-state index in [0.717, 1.165) is 9.58 Å². The van der Waals surface area contributed by atoms with Gasteiger partial charge in [0.05, 0.1) is 11.6 Å². The number of carboxylic acid groups (broad SMARTS) is 1. The van der Waals surface area contributed by atoms with E-state index in [4.69, 9.17) is 4.74 Å². The fraction of sp³-hybridized carbons (Fsp3) is 0.261. The number of alkyl halides is 2. The summed E-state index contributed by atoms with van der Waals surface area (Å²) in [6.45, 7) is 3.32. The first kappa shape index (κ1) is 24.2. The van der Waals surface area contributed by atoms with Gasteiger partial charge in [0.1, 0.15) is 17.0 Å². The van der Waals surface area contributed by atoms with Crippen LogP contribution in [0, 0.1) is 6.92 Å². The number of nitrogens with zero attached hydrogens (tertiary/aromatic N) is 2. The Morgan fingerprint density at radius 3 is 2.55 bits per heavy atom. The standard InChI is InChI=1S/C23H23F2N3O4S/c1-12-10-14(8-9-17(12)23(30)31)13(2)26-21(29)18-19(20(24)25)27-28(3)22(18)32-15-6-5-7-16(11-15)33-4/h5-11,13,20H,1-4H3,(H,26,29)(H,30,31). The van der Waals surface area contributed by atoms with E-state index in [0.29, 0.717) is 16.9 Å². The molecule has 0 aliphatic rings. The van der Waals surface area contributed by atoms with Crippen molar-refractivity contribution >= 4 is 23.6 Å². The van der Waals surface area contributed by atoms with Gasteiger partial charge < -0.3 is 15.2 Å². The number of carbonyl (C=O) groups is 2. The van der Waals surface area contributed by atoms with Gasteiger partial charge in [0.15, 0.2) is 0 Å². The zero-order valence-electron chi connectivity index (χ0n) is 18.4. The number of aryl methyl sites for hydroxylation is 2. The van der Waals surface area contributed by atoms with Gasteiger partial charge in [-0.1, -0.05) is 18.2 Å². The highest BCUT2D eigenvalue weighted by Crippen LogP contribution is 2.34. The number of rotatable bonds is 8. The van der Waals surface area contributed by atoms with Crippen molar-refractivity contribution in [2.45, 2.75) is 31.2 Å². The molecule has 0 aliphatic carbocycles. The Bertz CT molecular complexity index is 1200. The van der Waals surface area contributed by atoms with Crippen molar-refractivity contribution in [1.82, 2.24) is 15.1 Å². The minimum Gasteiger partial charge on any atom is -0.478 e. The van der Waals surface area contributed by atoms with Crippen molar-refractivity contribution in [3.05, 3.63) is 70.4 Å². The molecule has 0 spiro atoms. The van der Waals surface area contributed by atoms with Crippen molar-refractivity contribution in [3.8, 4) is 11.6 Å². The summed E-state index contributed by atoms with van der Waals surface area (Å²) in [5, 5.41) is 15.7. The number of carbonyl (C=O) groups excluding carboxylic acids is 1. The molecule has 10 heteroatoms. The largest absolute Gasteiger partial charge is 0.478 e. The van der Waals surface area contributed by atoms with E-state index < -0.39 is 30.0 Å². The molecule has 1 atom stereocenters. The molecule has 3 rings (SSSR count). The maximum Gasteiger partial charge on any atom is 0.335 e. The molecule has 0 aliphatic heterocycles. The molecule has 0 fully saturated rings. The van der Waals surface area contributed by atoms with Gasteiger partial charge in [0.25, 0.3) is 12.3 Å². The first-order valence-electron chi connectivity index (χ1n) is 9.94. The van der Waals surface area contributed by atoms with Crippen LogP contribution in [0.15, 0.2) is 47.4 Å². The molecule has 1 heterocycles. The van der Waals surface area contributed by atoms with Crippen molar-refractivity contribution in [1.29, 1.82) is 0 Å². The van der Waals surface area contributed by atoms with E-state index in [1.54, 1.807) is 44.2 Å².